The molecule has 1 fully saturated rings. The summed E-state index contributed by atoms with van der Waals surface area (Å²) < 4.78 is 0. The van der Waals surface area contributed by atoms with Gasteiger partial charge in [0.25, 0.3) is 0 Å². The molecule has 1 atom stereocenters. The second-order valence-corrected chi connectivity index (χ2v) is 4.31. The van der Waals surface area contributed by atoms with E-state index >= 15 is 0 Å². The third-order valence-corrected chi connectivity index (χ3v) is 3.21. The highest BCUT2D eigenvalue weighted by Crippen LogP contribution is 2.24. The van der Waals surface area contributed by atoms with Crippen LogP contribution in [0.1, 0.15) is 31.9 Å². The molecule has 4 nitrogen and oxygen atoms in total. The summed E-state index contributed by atoms with van der Waals surface area (Å²) in [6.07, 6.45) is 3.76. The van der Waals surface area contributed by atoms with Gasteiger partial charge in [0.05, 0.1) is 5.69 Å². The van der Waals surface area contributed by atoms with Crippen LogP contribution < -0.4 is 10.2 Å². The molecular weight excluding hydrogens is 200 g/mol. The second kappa shape index (κ2) is 5.25. The number of hydrogen-bond donors (Lipinski definition) is 1. The van der Waals surface area contributed by atoms with Gasteiger partial charge in [0, 0.05) is 19.1 Å². The summed E-state index contributed by atoms with van der Waals surface area (Å²) in [5.74, 6) is 1.03. The SMILES string of the molecule is CCC1CCCN1c1ccc(CNC)nn1. The van der Waals surface area contributed by atoms with Crippen molar-refractivity contribution in [3.8, 4) is 0 Å². The first-order chi connectivity index (χ1) is 7.85. The van der Waals surface area contributed by atoms with Gasteiger partial charge in [0.2, 0.25) is 0 Å². The van der Waals surface area contributed by atoms with E-state index in [2.05, 4.69) is 39.5 Å². The average Bonchev–Trinajstić information content (AvgIpc) is 2.78. The maximum absolute atomic E-state index is 4.31. The van der Waals surface area contributed by atoms with Crippen LogP contribution in [0.2, 0.25) is 0 Å². The molecule has 16 heavy (non-hydrogen) atoms. The summed E-state index contributed by atoms with van der Waals surface area (Å²) in [5, 5.41) is 11.6. The molecule has 2 rings (SSSR count). The summed E-state index contributed by atoms with van der Waals surface area (Å²) in [5.41, 5.74) is 0.999. The highest BCUT2D eigenvalue weighted by Gasteiger charge is 2.23. The smallest absolute Gasteiger partial charge is 0.151 e. The monoisotopic (exact) mass is 220 g/mol. The molecule has 4 heteroatoms. The van der Waals surface area contributed by atoms with Crippen molar-refractivity contribution in [2.24, 2.45) is 0 Å². The van der Waals surface area contributed by atoms with Gasteiger partial charge in [-0.15, -0.1) is 5.10 Å². The normalized spacial score (nSPS) is 20.4. The van der Waals surface area contributed by atoms with Crippen LogP contribution in [0.3, 0.4) is 0 Å². The first-order valence-corrected chi connectivity index (χ1v) is 6.09. The van der Waals surface area contributed by atoms with Gasteiger partial charge in [-0.05, 0) is 38.4 Å². The molecule has 1 aliphatic heterocycles. The van der Waals surface area contributed by atoms with Crippen LogP contribution in [0.5, 0.6) is 0 Å². The standard InChI is InChI=1S/C12H20N4/c1-3-11-5-4-8-16(11)12-7-6-10(9-13-2)14-15-12/h6-7,11,13H,3-5,8-9H2,1-2H3. The Morgan fingerprint density at radius 3 is 2.94 bits per heavy atom. The molecule has 0 bridgehead atoms. The van der Waals surface area contributed by atoms with E-state index in [0.29, 0.717) is 6.04 Å². The third kappa shape index (κ3) is 2.32. The zero-order chi connectivity index (χ0) is 11.4. The highest BCUT2D eigenvalue weighted by molar-refractivity contribution is 5.40. The Morgan fingerprint density at radius 2 is 2.31 bits per heavy atom. The van der Waals surface area contributed by atoms with Gasteiger partial charge in [-0.1, -0.05) is 6.92 Å². The summed E-state index contributed by atoms with van der Waals surface area (Å²) in [6, 6.07) is 4.81. The lowest BCUT2D eigenvalue weighted by Gasteiger charge is -2.24. The maximum Gasteiger partial charge on any atom is 0.151 e. The molecule has 0 amide bonds. The van der Waals surface area contributed by atoms with Crippen molar-refractivity contribution in [1.29, 1.82) is 0 Å². The van der Waals surface area contributed by atoms with Crippen LogP contribution in [-0.4, -0.2) is 29.8 Å². The Labute approximate surface area is 97.1 Å². The minimum atomic E-state index is 0.657. The van der Waals surface area contributed by atoms with Crippen LogP contribution in [-0.2, 0) is 6.54 Å². The largest absolute Gasteiger partial charge is 0.352 e. The number of nitrogens with zero attached hydrogens (tertiary/aromatic N) is 3. The van der Waals surface area contributed by atoms with E-state index in [1.54, 1.807) is 0 Å². The predicted octanol–water partition coefficient (Wildman–Crippen LogP) is 1.57. The second-order valence-electron chi connectivity index (χ2n) is 4.31. The van der Waals surface area contributed by atoms with Crippen molar-refractivity contribution in [1.82, 2.24) is 15.5 Å². The fourth-order valence-corrected chi connectivity index (χ4v) is 2.34. The fourth-order valence-electron chi connectivity index (χ4n) is 2.34. The number of aromatic nitrogens is 2. The highest BCUT2D eigenvalue weighted by atomic mass is 15.3. The lowest BCUT2D eigenvalue weighted by molar-refractivity contribution is 0.635. The number of nitrogens with one attached hydrogen (secondary N) is 1. The van der Waals surface area contributed by atoms with Gasteiger partial charge in [-0.3, -0.25) is 0 Å². The zero-order valence-corrected chi connectivity index (χ0v) is 10.1. The molecule has 1 N–H and O–H groups in total. The van der Waals surface area contributed by atoms with E-state index in [1.165, 1.54) is 19.3 Å². The Kier molecular flexibility index (Phi) is 3.72. The van der Waals surface area contributed by atoms with Crippen molar-refractivity contribution in [3.05, 3.63) is 17.8 Å². The molecular formula is C12H20N4. The Morgan fingerprint density at radius 1 is 1.44 bits per heavy atom. The van der Waals surface area contributed by atoms with E-state index in [4.69, 9.17) is 0 Å². The Balaban J connectivity index is 2.08. The van der Waals surface area contributed by atoms with Crippen molar-refractivity contribution in [2.45, 2.75) is 38.8 Å². The topological polar surface area (TPSA) is 41.0 Å². The van der Waals surface area contributed by atoms with Crippen LogP contribution in [0, 0.1) is 0 Å². The van der Waals surface area contributed by atoms with Crippen molar-refractivity contribution in [2.75, 3.05) is 18.5 Å². The van der Waals surface area contributed by atoms with Gasteiger partial charge < -0.3 is 10.2 Å². The van der Waals surface area contributed by atoms with Gasteiger partial charge in [-0.2, -0.15) is 5.10 Å². The van der Waals surface area contributed by atoms with Gasteiger partial charge in [-0.25, -0.2) is 0 Å². The number of hydrogen-bond acceptors (Lipinski definition) is 4. The Hall–Kier alpha value is -1.16. The minimum absolute atomic E-state index is 0.657. The molecule has 1 aromatic rings. The predicted molar refractivity (Wildman–Crippen MR) is 65.5 cm³/mol. The van der Waals surface area contributed by atoms with Crippen LogP contribution >= 0.6 is 0 Å². The summed E-state index contributed by atoms with van der Waals surface area (Å²) in [4.78, 5) is 2.39. The maximum atomic E-state index is 4.31. The summed E-state index contributed by atoms with van der Waals surface area (Å²) in [7, 11) is 1.92. The van der Waals surface area contributed by atoms with E-state index in [0.717, 1.165) is 24.6 Å². The lowest BCUT2D eigenvalue weighted by Crippen LogP contribution is -2.29. The van der Waals surface area contributed by atoms with Gasteiger partial charge >= 0.3 is 0 Å². The van der Waals surface area contributed by atoms with Gasteiger partial charge in [0.1, 0.15) is 0 Å². The molecule has 2 heterocycles. The molecule has 1 aliphatic rings. The molecule has 0 aliphatic carbocycles. The molecule has 1 saturated heterocycles. The van der Waals surface area contributed by atoms with Crippen molar-refractivity contribution in [3.63, 3.8) is 0 Å². The third-order valence-electron chi connectivity index (χ3n) is 3.21. The van der Waals surface area contributed by atoms with Crippen LogP contribution in [0.4, 0.5) is 5.82 Å². The molecule has 0 radical (unpaired) electrons. The van der Waals surface area contributed by atoms with Crippen molar-refractivity contribution < 1.29 is 0 Å². The number of anilines is 1. The molecule has 1 aromatic heterocycles. The summed E-state index contributed by atoms with van der Waals surface area (Å²) in [6.45, 7) is 4.15. The zero-order valence-electron chi connectivity index (χ0n) is 10.1. The van der Waals surface area contributed by atoms with Crippen LogP contribution in [0.25, 0.3) is 0 Å². The fraction of sp³-hybridized carbons (Fsp3) is 0.667. The Bertz CT molecular complexity index is 322. The minimum Gasteiger partial charge on any atom is -0.352 e. The first kappa shape index (κ1) is 11.3. The molecule has 0 aromatic carbocycles. The quantitative estimate of drug-likeness (QED) is 0.836. The van der Waals surface area contributed by atoms with Crippen LogP contribution in [0.15, 0.2) is 12.1 Å². The average molecular weight is 220 g/mol. The molecule has 88 valence electrons. The lowest BCUT2D eigenvalue weighted by atomic mass is 10.2. The van der Waals surface area contributed by atoms with E-state index in [1.807, 2.05) is 7.05 Å². The number of rotatable bonds is 4. The van der Waals surface area contributed by atoms with Crippen molar-refractivity contribution >= 4 is 5.82 Å². The van der Waals surface area contributed by atoms with E-state index in [9.17, 15) is 0 Å². The molecule has 0 saturated carbocycles. The van der Waals surface area contributed by atoms with Gasteiger partial charge in [0.15, 0.2) is 5.82 Å². The van der Waals surface area contributed by atoms with E-state index < -0.39 is 0 Å². The molecule has 0 spiro atoms. The van der Waals surface area contributed by atoms with E-state index in [-0.39, 0.29) is 0 Å². The first-order valence-electron chi connectivity index (χ1n) is 6.09. The molecule has 1 unspecified atom stereocenters. The summed E-state index contributed by atoms with van der Waals surface area (Å²) >= 11 is 0.